The van der Waals surface area contributed by atoms with E-state index in [1.807, 2.05) is 22.8 Å². The molecule has 19 heavy (non-hydrogen) atoms. The highest BCUT2D eigenvalue weighted by atomic mass is 16.5. The zero-order valence-electron chi connectivity index (χ0n) is 12.0. The van der Waals surface area contributed by atoms with E-state index in [0.717, 1.165) is 22.9 Å². The molecule has 5 nitrogen and oxygen atoms in total. The van der Waals surface area contributed by atoms with Gasteiger partial charge in [-0.05, 0) is 39.0 Å². The number of benzene rings is 1. The van der Waals surface area contributed by atoms with Gasteiger partial charge in [-0.2, -0.15) is 0 Å². The van der Waals surface area contributed by atoms with E-state index in [-0.39, 0.29) is 5.54 Å². The predicted molar refractivity (Wildman–Crippen MR) is 73.6 cm³/mol. The highest BCUT2D eigenvalue weighted by Crippen LogP contribution is 2.34. The lowest BCUT2D eigenvalue weighted by Crippen LogP contribution is -2.22. The number of methoxy groups -OCH3 is 2. The summed E-state index contributed by atoms with van der Waals surface area (Å²) in [6, 6.07) is 5.64. The minimum Gasteiger partial charge on any atom is -0.497 e. The van der Waals surface area contributed by atoms with Gasteiger partial charge in [-0.3, -0.25) is 0 Å². The Morgan fingerprint density at radius 3 is 2.42 bits per heavy atom. The van der Waals surface area contributed by atoms with E-state index in [0.29, 0.717) is 0 Å². The lowest BCUT2D eigenvalue weighted by Gasteiger charge is -2.23. The maximum atomic E-state index is 5.40. The molecule has 0 bridgehead atoms. The third-order valence-corrected chi connectivity index (χ3v) is 2.92. The fourth-order valence-corrected chi connectivity index (χ4v) is 1.90. The van der Waals surface area contributed by atoms with E-state index >= 15 is 0 Å². The Labute approximate surface area is 113 Å². The molecule has 0 atom stereocenters. The first-order valence-electron chi connectivity index (χ1n) is 6.10. The molecule has 0 aliphatic heterocycles. The Morgan fingerprint density at radius 2 is 1.84 bits per heavy atom. The summed E-state index contributed by atoms with van der Waals surface area (Å²) in [5.41, 5.74) is 0.765. The van der Waals surface area contributed by atoms with Crippen molar-refractivity contribution in [1.82, 2.24) is 14.8 Å². The highest BCUT2D eigenvalue weighted by molar-refractivity contribution is 5.66. The Kier molecular flexibility index (Phi) is 3.46. The van der Waals surface area contributed by atoms with Crippen LogP contribution in [0.25, 0.3) is 11.4 Å². The van der Waals surface area contributed by atoms with Crippen molar-refractivity contribution in [3.05, 3.63) is 24.5 Å². The number of nitrogens with zero attached hydrogens (tertiary/aromatic N) is 3. The fraction of sp³-hybridized carbons (Fsp3) is 0.429. The SMILES string of the molecule is COc1ccc(OC)c(-c2nncn2C(C)(C)C)c1. The summed E-state index contributed by atoms with van der Waals surface area (Å²) >= 11 is 0. The molecule has 0 saturated heterocycles. The summed E-state index contributed by atoms with van der Waals surface area (Å²) in [6.07, 6.45) is 1.73. The summed E-state index contributed by atoms with van der Waals surface area (Å²) < 4.78 is 12.7. The smallest absolute Gasteiger partial charge is 0.168 e. The van der Waals surface area contributed by atoms with E-state index in [1.54, 1.807) is 20.5 Å². The van der Waals surface area contributed by atoms with Gasteiger partial charge in [-0.15, -0.1) is 10.2 Å². The second kappa shape index (κ2) is 4.91. The fourth-order valence-electron chi connectivity index (χ4n) is 1.90. The summed E-state index contributed by atoms with van der Waals surface area (Å²) in [4.78, 5) is 0. The molecule has 0 aliphatic carbocycles. The molecule has 2 aromatic rings. The lowest BCUT2D eigenvalue weighted by molar-refractivity contribution is 0.392. The summed E-state index contributed by atoms with van der Waals surface area (Å²) in [5.74, 6) is 2.28. The third kappa shape index (κ3) is 2.54. The zero-order chi connectivity index (χ0) is 14.0. The van der Waals surface area contributed by atoms with Gasteiger partial charge in [0.2, 0.25) is 0 Å². The van der Waals surface area contributed by atoms with E-state index in [2.05, 4.69) is 31.0 Å². The molecule has 0 N–H and O–H groups in total. The normalized spacial score (nSPS) is 11.4. The molecule has 1 heterocycles. The molecular weight excluding hydrogens is 242 g/mol. The van der Waals surface area contributed by atoms with E-state index < -0.39 is 0 Å². The van der Waals surface area contributed by atoms with Crippen molar-refractivity contribution in [2.45, 2.75) is 26.3 Å². The van der Waals surface area contributed by atoms with Crippen molar-refractivity contribution in [2.75, 3.05) is 14.2 Å². The molecule has 0 radical (unpaired) electrons. The molecule has 0 fully saturated rings. The number of hydrogen-bond donors (Lipinski definition) is 0. The lowest BCUT2D eigenvalue weighted by atomic mass is 10.1. The zero-order valence-corrected chi connectivity index (χ0v) is 12.0. The molecule has 1 aromatic heterocycles. The first-order chi connectivity index (χ1) is 8.97. The van der Waals surface area contributed by atoms with Crippen molar-refractivity contribution in [1.29, 1.82) is 0 Å². The van der Waals surface area contributed by atoms with Gasteiger partial charge in [0.15, 0.2) is 5.82 Å². The molecule has 2 rings (SSSR count). The largest absolute Gasteiger partial charge is 0.497 e. The number of ether oxygens (including phenoxy) is 2. The van der Waals surface area contributed by atoms with Crippen LogP contribution in [0.1, 0.15) is 20.8 Å². The van der Waals surface area contributed by atoms with Crippen LogP contribution in [0.4, 0.5) is 0 Å². The van der Waals surface area contributed by atoms with E-state index in [1.165, 1.54) is 0 Å². The molecule has 5 heteroatoms. The molecule has 0 amide bonds. The Hall–Kier alpha value is -2.04. The van der Waals surface area contributed by atoms with Gasteiger partial charge in [0.1, 0.15) is 17.8 Å². The highest BCUT2D eigenvalue weighted by Gasteiger charge is 2.21. The maximum absolute atomic E-state index is 5.40. The van der Waals surface area contributed by atoms with Crippen LogP contribution in [0.2, 0.25) is 0 Å². The van der Waals surface area contributed by atoms with Crippen LogP contribution in [0.5, 0.6) is 11.5 Å². The Balaban J connectivity index is 2.61. The molecule has 0 aliphatic rings. The predicted octanol–water partition coefficient (Wildman–Crippen LogP) is 2.72. The van der Waals surface area contributed by atoms with Crippen LogP contribution in [0.3, 0.4) is 0 Å². The third-order valence-electron chi connectivity index (χ3n) is 2.92. The standard InChI is InChI=1S/C14H19N3O2/c1-14(2,3)17-9-15-16-13(17)11-8-10(18-4)6-7-12(11)19-5/h6-9H,1-5H3. The van der Waals surface area contributed by atoms with Crippen LogP contribution < -0.4 is 9.47 Å². The van der Waals surface area contributed by atoms with Crippen molar-refractivity contribution in [2.24, 2.45) is 0 Å². The quantitative estimate of drug-likeness (QED) is 0.852. The van der Waals surface area contributed by atoms with Crippen LogP contribution in [-0.2, 0) is 5.54 Å². The molecule has 0 spiro atoms. The van der Waals surface area contributed by atoms with Gasteiger partial charge in [0.05, 0.1) is 19.8 Å². The first-order valence-corrected chi connectivity index (χ1v) is 6.10. The second-order valence-corrected chi connectivity index (χ2v) is 5.26. The second-order valence-electron chi connectivity index (χ2n) is 5.26. The minimum atomic E-state index is -0.104. The van der Waals surface area contributed by atoms with Crippen LogP contribution in [0.15, 0.2) is 24.5 Å². The topological polar surface area (TPSA) is 49.2 Å². The first kappa shape index (κ1) is 13.4. The number of hydrogen-bond acceptors (Lipinski definition) is 4. The minimum absolute atomic E-state index is 0.104. The molecular formula is C14H19N3O2. The van der Waals surface area contributed by atoms with Gasteiger partial charge in [-0.25, -0.2) is 0 Å². The summed E-state index contributed by atoms with van der Waals surface area (Å²) in [5, 5.41) is 8.23. The van der Waals surface area contributed by atoms with Gasteiger partial charge < -0.3 is 14.0 Å². The summed E-state index contributed by atoms with van der Waals surface area (Å²) in [7, 11) is 3.28. The van der Waals surface area contributed by atoms with E-state index in [4.69, 9.17) is 9.47 Å². The Bertz CT molecular complexity index is 570. The van der Waals surface area contributed by atoms with Crippen LogP contribution >= 0.6 is 0 Å². The van der Waals surface area contributed by atoms with Crippen molar-refractivity contribution in [3.8, 4) is 22.9 Å². The van der Waals surface area contributed by atoms with Gasteiger partial charge in [0, 0.05) is 5.54 Å². The van der Waals surface area contributed by atoms with Gasteiger partial charge in [0.25, 0.3) is 0 Å². The van der Waals surface area contributed by atoms with Crippen molar-refractivity contribution >= 4 is 0 Å². The van der Waals surface area contributed by atoms with Crippen molar-refractivity contribution in [3.63, 3.8) is 0 Å². The molecule has 1 aromatic carbocycles. The molecule has 0 saturated carbocycles. The van der Waals surface area contributed by atoms with Crippen molar-refractivity contribution < 1.29 is 9.47 Å². The van der Waals surface area contributed by atoms with Gasteiger partial charge >= 0.3 is 0 Å². The average molecular weight is 261 g/mol. The van der Waals surface area contributed by atoms with Crippen LogP contribution in [-0.4, -0.2) is 29.0 Å². The summed E-state index contributed by atoms with van der Waals surface area (Å²) in [6.45, 7) is 6.31. The number of rotatable bonds is 3. The molecule has 0 unspecified atom stereocenters. The monoisotopic (exact) mass is 261 g/mol. The Morgan fingerprint density at radius 1 is 1.11 bits per heavy atom. The molecule has 102 valence electrons. The van der Waals surface area contributed by atoms with Gasteiger partial charge in [-0.1, -0.05) is 0 Å². The van der Waals surface area contributed by atoms with Crippen LogP contribution in [0, 0.1) is 0 Å². The van der Waals surface area contributed by atoms with E-state index in [9.17, 15) is 0 Å². The maximum Gasteiger partial charge on any atom is 0.168 e. The average Bonchev–Trinajstić information content (AvgIpc) is 2.87. The number of aromatic nitrogens is 3.